The third-order valence-electron chi connectivity index (χ3n) is 3.85. The van der Waals surface area contributed by atoms with Gasteiger partial charge < -0.3 is 0 Å². The molecule has 1 nitrogen and oxygen atoms in total. The molecule has 72 valence electrons. The molecule has 0 aliphatic heterocycles. The van der Waals surface area contributed by atoms with Crippen LogP contribution in [-0.2, 0) is 4.79 Å². The van der Waals surface area contributed by atoms with Crippen molar-refractivity contribution in [2.24, 2.45) is 17.8 Å². The van der Waals surface area contributed by atoms with Crippen LogP contribution < -0.4 is 0 Å². The first-order chi connectivity index (χ1) is 6.26. The molecule has 2 saturated carbocycles. The Morgan fingerprint density at radius 1 is 1.54 bits per heavy atom. The number of ketones is 1. The molecule has 0 amide bonds. The largest absolute Gasteiger partial charge is 0.299 e. The summed E-state index contributed by atoms with van der Waals surface area (Å²) in [5.41, 5.74) is 1.62. The van der Waals surface area contributed by atoms with Gasteiger partial charge in [0, 0.05) is 12.3 Å². The minimum absolute atomic E-state index is 0.415. The fourth-order valence-corrected chi connectivity index (χ4v) is 3.13. The van der Waals surface area contributed by atoms with E-state index in [1.165, 1.54) is 12.8 Å². The maximum Gasteiger partial charge on any atom is 0.136 e. The SMILES string of the molecule is C/C=C1\CC2CC1CC2C(=O)CC. The Morgan fingerprint density at radius 2 is 2.31 bits per heavy atom. The van der Waals surface area contributed by atoms with Gasteiger partial charge in [0.25, 0.3) is 0 Å². The first-order valence-electron chi connectivity index (χ1n) is 5.44. The Morgan fingerprint density at radius 3 is 2.77 bits per heavy atom. The van der Waals surface area contributed by atoms with Crippen LogP contribution in [0.5, 0.6) is 0 Å². The summed E-state index contributed by atoms with van der Waals surface area (Å²) in [6, 6.07) is 0. The van der Waals surface area contributed by atoms with Crippen molar-refractivity contribution in [3.8, 4) is 0 Å². The average molecular weight is 178 g/mol. The van der Waals surface area contributed by atoms with Gasteiger partial charge in [-0.3, -0.25) is 4.79 Å². The van der Waals surface area contributed by atoms with E-state index in [2.05, 4.69) is 13.0 Å². The van der Waals surface area contributed by atoms with Crippen LogP contribution in [0.4, 0.5) is 0 Å². The smallest absolute Gasteiger partial charge is 0.136 e. The molecule has 3 atom stereocenters. The van der Waals surface area contributed by atoms with Crippen molar-refractivity contribution in [1.29, 1.82) is 0 Å². The summed E-state index contributed by atoms with van der Waals surface area (Å²) in [5, 5.41) is 0. The third-order valence-corrected chi connectivity index (χ3v) is 3.85. The maximum atomic E-state index is 11.6. The van der Waals surface area contributed by atoms with Crippen LogP contribution in [0.15, 0.2) is 11.6 Å². The molecule has 0 spiro atoms. The Hall–Kier alpha value is -0.590. The second-order valence-corrected chi connectivity index (χ2v) is 4.42. The molecule has 3 unspecified atom stereocenters. The minimum Gasteiger partial charge on any atom is -0.299 e. The fourth-order valence-electron chi connectivity index (χ4n) is 3.13. The third kappa shape index (κ3) is 1.34. The molecule has 2 fully saturated rings. The van der Waals surface area contributed by atoms with Crippen LogP contribution in [0.3, 0.4) is 0 Å². The molecule has 0 aromatic rings. The Labute approximate surface area is 80.2 Å². The number of rotatable bonds is 2. The van der Waals surface area contributed by atoms with Gasteiger partial charge in [-0.2, -0.15) is 0 Å². The van der Waals surface area contributed by atoms with Gasteiger partial charge in [0.15, 0.2) is 0 Å². The Kier molecular flexibility index (Phi) is 2.27. The van der Waals surface area contributed by atoms with Crippen molar-refractivity contribution >= 4 is 5.78 Å². The van der Waals surface area contributed by atoms with Gasteiger partial charge in [0.2, 0.25) is 0 Å². The van der Waals surface area contributed by atoms with E-state index in [-0.39, 0.29) is 0 Å². The molecule has 2 aliphatic rings. The molecule has 13 heavy (non-hydrogen) atoms. The first kappa shape index (κ1) is 8.98. The summed E-state index contributed by atoms with van der Waals surface area (Å²) in [5.74, 6) is 2.38. The number of carbonyl (C=O) groups excluding carboxylic acids is 1. The molecular formula is C12H18O. The predicted octanol–water partition coefficient (Wildman–Crippen LogP) is 2.96. The fraction of sp³-hybridized carbons (Fsp3) is 0.750. The highest BCUT2D eigenvalue weighted by atomic mass is 16.1. The van der Waals surface area contributed by atoms with Gasteiger partial charge in [-0.25, -0.2) is 0 Å². The van der Waals surface area contributed by atoms with E-state index in [1.807, 2.05) is 6.92 Å². The van der Waals surface area contributed by atoms with Crippen LogP contribution in [0.2, 0.25) is 0 Å². The highest BCUT2D eigenvalue weighted by Crippen LogP contribution is 2.51. The zero-order valence-electron chi connectivity index (χ0n) is 8.55. The number of Topliss-reactive ketones (excluding diaryl/α,β-unsaturated/α-hetero) is 1. The van der Waals surface area contributed by atoms with Crippen molar-refractivity contribution in [1.82, 2.24) is 0 Å². The lowest BCUT2D eigenvalue weighted by atomic mass is 9.82. The molecule has 0 heterocycles. The van der Waals surface area contributed by atoms with E-state index in [0.29, 0.717) is 17.6 Å². The normalized spacial score (nSPS) is 40.2. The van der Waals surface area contributed by atoms with Crippen LogP contribution in [-0.4, -0.2) is 5.78 Å². The molecule has 0 radical (unpaired) electrons. The Bertz CT molecular complexity index is 252. The molecule has 0 N–H and O–H groups in total. The molecule has 0 aromatic heterocycles. The molecule has 0 saturated heterocycles. The molecule has 0 aromatic carbocycles. The second kappa shape index (κ2) is 3.28. The summed E-state index contributed by atoms with van der Waals surface area (Å²) in [6.07, 6.45) is 6.64. The summed E-state index contributed by atoms with van der Waals surface area (Å²) in [6.45, 7) is 4.12. The highest BCUT2D eigenvalue weighted by molar-refractivity contribution is 5.81. The maximum absolute atomic E-state index is 11.6. The lowest BCUT2D eigenvalue weighted by molar-refractivity contribution is -0.123. The predicted molar refractivity (Wildman–Crippen MR) is 53.4 cm³/mol. The molecule has 2 aliphatic carbocycles. The van der Waals surface area contributed by atoms with Crippen molar-refractivity contribution in [3.05, 3.63) is 11.6 Å². The molecule has 2 bridgehead atoms. The first-order valence-corrected chi connectivity index (χ1v) is 5.44. The molecular weight excluding hydrogens is 160 g/mol. The molecule has 1 heteroatoms. The van der Waals surface area contributed by atoms with Gasteiger partial charge >= 0.3 is 0 Å². The number of hydrogen-bond donors (Lipinski definition) is 0. The average Bonchev–Trinajstić information content (AvgIpc) is 2.74. The summed E-state index contributed by atoms with van der Waals surface area (Å²) in [4.78, 5) is 11.6. The van der Waals surface area contributed by atoms with E-state index in [4.69, 9.17) is 0 Å². The summed E-state index contributed by atoms with van der Waals surface area (Å²) >= 11 is 0. The van der Waals surface area contributed by atoms with Crippen LogP contribution in [0.25, 0.3) is 0 Å². The topological polar surface area (TPSA) is 17.1 Å². The van der Waals surface area contributed by atoms with Gasteiger partial charge in [-0.05, 0) is 38.0 Å². The monoisotopic (exact) mass is 178 g/mol. The van der Waals surface area contributed by atoms with Crippen LogP contribution >= 0.6 is 0 Å². The van der Waals surface area contributed by atoms with E-state index in [1.54, 1.807) is 5.57 Å². The molecule has 2 rings (SSSR count). The zero-order chi connectivity index (χ0) is 9.42. The van der Waals surface area contributed by atoms with Crippen LogP contribution in [0, 0.1) is 17.8 Å². The lowest BCUT2D eigenvalue weighted by Crippen LogP contribution is -2.20. The van der Waals surface area contributed by atoms with Crippen molar-refractivity contribution in [2.75, 3.05) is 0 Å². The quantitative estimate of drug-likeness (QED) is 0.594. The lowest BCUT2D eigenvalue weighted by Gasteiger charge is -2.21. The standard InChI is InChI=1S/C12H18O/c1-3-8-5-10-6-9(8)7-11(10)12(13)4-2/h3,9-11H,4-7H2,1-2H3/b8-3+. The minimum atomic E-state index is 0.415. The Balaban J connectivity index is 2.07. The number of fused-ring (bicyclic) bond motifs is 2. The number of allylic oxidation sites excluding steroid dienone is 2. The number of carbonyl (C=O) groups is 1. The van der Waals surface area contributed by atoms with Gasteiger partial charge in [-0.1, -0.05) is 18.6 Å². The summed E-state index contributed by atoms with van der Waals surface area (Å²) < 4.78 is 0. The van der Waals surface area contributed by atoms with E-state index in [9.17, 15) is 4.79 Å². The van der Waals surface area contributed by atoms with Gasteiger partial charge in [0.1, 0.15) is 5.78 Å². The van der Waals surface area contributed by atoms with Gasteiger partial charge in [0.05, 0.1) is 0 Å². The highest BCUT2D eigenvalue weighted by Gasteiger charge is 2.44. The van der Waals surface area contributed by atoms with E-state index < -0.39 is 0 Å². The van der Waals surface area contributed by atoms with Crippen molar-refractivity contribution < 1.29 is 4.79 Å². The van der Waals surface area contributed by atoms with E-state index >= 15 is 0 Å². The zero-order valence-corrected chi connectivity index (χ0v) is 8.55. The van der Waals surface area contributed by atoms with Gasteiger partial charge in [-0.15, -0.1) is 0 Å². The van der Waals surface area contributed by atoms with Crippen molar-refractivity contribution in [3.63, 3.8) is 0 Å². The number of hydrogen-bond acceptors (Lipinski definition) is 1. The summed E-state index contributed by atoms with van der Waals surface area (Å²) in [7, 11) is 0. The van der Waals surface area contributed by atoms with Crippen molar-refractivity contribution in [2.45, 2.75) is 39.5 Å². The van der Waals surface area contributed by atoms with Crippen LogP contribution in [0.1, 0.15) is 39.5 Å². The second-order valence-electron chi connectivity index (χ2n) is 4.42. The van der Waals surface area contributed by atoms with E-state index in [0.717, 1.165) is 18.8 Å².